The molecule has 0 atom stereocenters. The molecule has 1 aliphatic heterocycles. The highest BCUT2D eigenvalue weighted by atomic mass is 16.2. The minimum absolute atomic E-state index is 0.0189. The fourth-order valence-electron chi connectivity index (χ4n) is 3.11. The molecule has 3 aromatic heterocycles. The van der Waals surface area contributed by atoms with E-state index < -0.39 is 0 Å². The summed E-state index contributed by atoms with van der Waals surface area (Å²) in [5.41, 5.74) is 3.50. The smallest absolute Gasteiger partial charge is 0.257 e. The third kappa shape index (κ3) is 2.46. The first-order valence-corrected chi connectivity index (χ1v) is 7.69. The second-order valence-electron chi connectivity index (χ2n) is 6.00. The first kappa shape index (κ1) is 13.9. The topological polar surface area (TPSA) is 74.8 Å². The largest absolute Gasteiger partial charge is 0.360 e. The lowest BCUT2D eigenvalue weighted by atomic mass is 9.93. The van der Waals surface area contributed by atoms with Crippen molar-refractivity contribution in [1.82, 2.24) is 24.8 Å². The maximum Gasteiger partial charge on any atom is 0.257 e. The normalized spacial score (nSPS) is 14.9. The van der Waals surface area contributed by atoms with Gasteiger partial charge in [-0.15, -0.1) is 0 Å². The van der Waals surface area contributed by atoms with Crippen molar-refractivity contribution in [3.63, 3.8) is 0 Å². The highest BCUT2D eigenvalue weighted by Crippen LogP contribution is 2.25. The number of aryl methyl sites for hydroxylation is 1. The number of pyridine rings is 1. The van der Waals surface area contributed by atoms with Gasteiger partial charge in [-0.2, -0.15) is 0 Å². The minimum atomic E-state index is 0.0189. The standard InChI is InChI=1S/C17H17N5O/c1-11-14(7-18-10-21-11)17(23)22-8-12(9-22)6-15-16-13(2-4-19-15)3-5-20-16/h2-5,7,10,12,20H,6,8-9H2,1H3. The van der Waals surface area contributed by atoms with Gasteiger partial charge in [0.1, 0.15) is 6.33 Å². The Morgan fingerprint density at radius 2 is 2.22 bits per heavy atom. The Balaban J connectivity index is 1.43. The third-order valence-electron chi connectivity index (χ3n) is 4.42. The summed E-state index contributed by atoms with van der Waals surface area (Å²) in [5.74, 6) is 0.468. The van der Waals surface area contributed by atoms with Gasteiger partial charge in [0.15, 0.2) is 0 Å². The average Bonchev–Trinajstić information content (AvgIpc) is 2.99. The zero-order valence-corrected chi connectivity index (χ0v) is 12.9. The van der Waals surface area contributed by atoms with Gasteiger partial charge in [-0.3, -0.25) is 9.78 Å². The third-order valence-corrected chi connectivity index (χ3v) is 4.42. The summed E-state index contributed by atoms with van der Waals surface area (Å²) in [6.45, 7) is 3.35. The molecule has 6 heteroatoms. The molecule has 0 bridgehead atoms. The molecule has 0 aromatic carbocycles. The summed E-state index contributed by atoms with van der Waals surface area (Å²) in [6, 6.07) is 4.05. The maximum atomic E-state index is 12.4. The number of carbonyl (C=O) groups excluding carboxylic acids is 1. The van der Waals surface area contributed by atoms with Gasteiger partial charge in [0.25, 0.3) is 5.91 Å². The van der Waals surface area contributed by atoms with Gasteiger partial charge < -0.3 is 9.88 Å². The predicted octanol–water partition coefficient (Wildman–Crippen LogP) is 1.98. The van der Waals surface area contributed by atoms with E-state index in [0.717, 1.165) is 36.4 Å². The number of amides is 1. The predicted molar refractivity (Wildman–Crippen MR) is 86.0 cm³/mol. The minimum Gasteiger partial charge on any atom is -0.360 e. The summed E-state index contributed by atoms with van der Waals surface area (Å²) in [6.07, 6.45) is 7.72. The lowest BCUT2D eigenvalue weighted by Crippen LogP contribution is -2.51. The molecular formula is C17H17N5O. The van der Waals surface area contributed by atoms with Crippen LogP contribution >= 0.6 is 0 Å². The number of likely N-dealkylation sites (tertiary alicyclic amines) is 1. The second kappa shape index (κ2) is 5.46. The summed E-state index contributed by atoms with van der Waals surface area (Å²) in [4.78, 5) is 30.1. The zero-order chi connectivity index (χ0) is 15.8. The van der Waals surface area contributed by atoms with Crippen molar-refractivity contribution in [2.75, 3.05) is 13.1 Å². The molecule has 0 unspecified atom stereocenters. The van der Waals surface area contributed by atoms with Crippen molar-refractivity contribution in [2.24, 2.45) is 5.92 Å². The van der Waals surface area contributed by atoms with Crippen LogP contribution in [0.2, 0.25) is 0 Å². The molecule has 0 saturated carbocycles. The molecule has 23 heavy (non-hydrogen) atoms. The first-order chi connectivity index (χ1) is 11.2. The van der Waals surface area contributed by atoms with Crippen molar-refractivity contribution in [1.29, 1.82) is 0 Å². The Morgan fingerprint density at radius 1 is 1.35 bits per heavy atom. The van der Waals surface area contributed by atoms with E-state index in [4.69, 9.17) is 0 Å². The van der Waals surface area contributed by atoms with Gasteiger partial charge in [-0.05, 0) is 31.4 Å². The van der Waals surface area contributed by atoms with Crippen molar-refractivity contribution < 1.29 is 4.79 Å². The highest BCUT2D eigenvalue weighted by Gasteiger charge is 2.32. The average molecular weight is 307 g/mol. The number of carbonyl (C=O) groups is 1. The number of nitrogens with zero attached hydrogens (tertiary/aromatic N) is 4. The van der Waals surface area contributed by atoms with Gasteiger partial charge in [0, 0.05) is 37.1 Å². The van der Waals surface area contributed by atoms with E-state index in [1.807, 2.05) is 30.3 Å². The van der Waals surface area contributed by atoms with Crippen molar-refractivity contribution >= 4 is 16.8 Å². The summed E-state index contributed by atoms with van der Waals surface area (Å²) < 4.78 is 0. The van der Waals surface area contributed by atoms with E-state index in [1.165, 1.54) is 11.7 Å². The van der Waals surface area contributed by atoms with Gasteiger partial charge in [-0.25, -0.2) is 9.97 Å². The van der Waals surface area contributed by atoms with Crippen LogP contribution in [0, 0.1) is 12.8 Å². The number of nitrogens with one attached hydrogen (secondary N) is 1. The Morgan fingerprint density at radius 3 is 3.04 bits per heavy atom. The lowest BCUT2D eigenvalue weighted by Gasteiger charge is -2.39. The molecule has 0 radical (unpaired) electrons. The van der Waals surface area contributed by atoms with Gasteiger partial charge in [0.2, 0.25) is 0 Å². The molecule has 1 amide bonds. The number of H-pyrrole nitrogens is 1. The van der Waals surface area contributed by atoms with Gasteiger partial charge >= 0.3 is 0 Å². The first-order valence-electron chi connectivity index (χ1n) is 7.69. The number of hydrogen-bond donors (Lipinski definition) is 1. The molecule has 0 spiro atoms. The molecule has 4 rings (SSSR count). The van der Waals surface area contributed by atoms with Crippen LogP contribution in [-0.4, -0.2) is 43.8 Å². The van der Waals surface area contributed by atoms with E-state index in [0.29, 0.717) is 11.5 Å². The summed E-state index contributed by atoms with van der Waals surface area (Å²) >= 11 is 0. The number of hydrogen-bond acceptors (Lipinski definition) is 4. The molecular weight excluding hydrogens is 290 g/mol. The Labute approximate surface area is 133 Å². The van der Waals surface area contributed by atoms with Crippen LogP contribution < -0.4 is 0 Å². The molecule has 6 nitrogen and oxygen atoms in total. The van der Waals surface area contributed by atoms with Crippen LogP contribution in [0.25, 0.3) is 10.9 Å². The zero-order valence-electron chi connectivity index (χ0n) is 12.9. The van der Waals surface area contributed by atoms with Gasteiger partial charge in [0.05, 0.1) is 22.5 Å². The van der Waals surface area contributed by atoms with E-state index in [2.05, 4.69) is 26.0 Å². The maximum absolute atomic E-state index is 12.4. The van der Waals surface area contributed by atoms with Crippen LogP contribution in [0.15, 0.2) is 37.1 Å². The van der Waals surface area contributed by atoms with E-state index in [1.54, 1.807) is 6.20 Å². The lowest BCUT2D eigenvalue weighted by molar-refractivity contribution is 0.0498. The van der Waals surface area contributed by atoms with Crippen LogP contribution in [-0.2, 0) is 6.42 Å². The fraction of sp³-hybridized carbons (Fsp3) is 0.294. The Hall–Kier alpha value is -2.76. The number of aromatic nitrogens is 4. The van der Waals surface area contributed by atoms with Crippen molar-refractivity contribution in [3.8, 4) is 0 Å². The molecule has 1 N–H and O–H groups in total. The monoisotopic (exact) mass is 307 g/mol. The van der Waals surface area contributed by atoms with Crippen LogP contribution in [0.3, 0.4) is 0 Å². The van der Waals surface area contributed by atoms with Crippen molar-refractivity contribution in [3.05, 3.63) is 54.0 Å². The fourth-order valence-corrected chi connectivity index (χ4v) is 3.11. The number of fused-ring (bicyclic) bond motifs is 1. The summed E-state index contributed by atoms with van der Waals surface area (Å²) in [7, 11) is 0. The van der Waals surface area contributed by atoms with E-state index in [-0.39, 0.29) is 5.91 Å². The quantitative estimate of drug-likeness (QED) is 0.803. The SMILES string of the molecule is Cc1ncncc1C(=O)N1CC(Cc2nccc3cc[nH]c23)C1. The Bertz CT molecular complexity index is 866. The van der Waals surface area contributed by atoms with Crippen LogP contribution in [0.4, 0.5) is 0 Å². The molecule has 1 fully saturated rings. The molecule has 0 aliphatic carbocycles. The highest BCUT2D eigenvalue weighted by molar-refractivity contribution is 5.95. The molecule has 1 saturated heterocycles. The molecule has 116 valence electrons. The molecule has 1 aliphatic rings. The number of rotatable bonds is 3. The van der Waals surface area contributed by atoms with Gasteiger partial charge in [-0.1, -0.05) is 0 Å². The van der Waals surface area contributed by atoms with E-state index in [9.17, 15) is 4.79 Å². The molecule has 4 heterocycles. The van der Waals surface area contributed by atoms with Crippen molar-refractivity contribution in [2.45, 2.75) is 13.3 Å². The van der Waals surface area contributed by atoms with Crippen LogP contribution in [0.1, 0.15) is 21.7 Å². The van der Waals surface area contributed by atoms with E-state index >= 15 is 0 Å². The number of aromatic amines is 1. The Kier molecular flexibility index (Phi) is 3.29. The van der Waals surface area contributed by atoms with Crippen LogP contribution in [0.5, 0.6) is 0 Å². The summed E-state index contributed by atoms with van der Waals surface area (Å²) in [5, 5.41) is 1.18. The molecule has 3 aromatic rings. The second-order valence-corrected chi connectivity index (χ2v) is 6.00.